The van der Waals surface area contributed by atoms with Gasteiger partial charge in [0.15, 0.2) is 5.13 Å². The molecule has 2 aromatic rings. The number of anilines is 1. The van der Waals surface area contributed by atoms with Crippen molar-refractivity contribution >= 4 is 28.3 Å². The van der Waals surface area contributed by atoms with E-state index in [0.717, 1.165) is 5.56 Å². The number of carbonyl (C=O) groups is 2. The Kier molecular flexibility index (Phi) is 6.00. The highest BCUT2D eigenvalue weighted by Crippen LogP contribution is 2.36. The number of hydrogen-bond acceptors (Lipinski definition) is 6. The molecular weight excluding hydrogens is 352 g/mol. The van der Waals surface area contributed by atoms with Gasteiger partial charge in [-0.2, -0.15) is 0 Å². The second-order valence-electron chi connectivity index (χ2n) is 6.14. The second kappa shape index (κ2) is 8.42. The highest BCUT2D eigenvalue weighted by molar-refractivity contribution is 7.13. The maximum Gasteiger partial charge on any atom is 0.311 e. The number of aromatic nitrogens is 1. The summed E-state index contributed by atoms with van der Waals surface area (Å²) in [5.74, 6) is -0.398. The smallest absolute Gasteiger partial charge is 0.311 e. The van der Waals surface area contributed by atoms with Crippen LogP contribution in [0.15, 0.2) is 35.7 Å². The zero-order valence-electron chi connectivity index (χ0n) is 14.7. The minimum absolute atomic E-state index is 0.0796. The molecule has 1 aromatic carbocycles. The molecule has 0 atom stereocenters. The molecule has 1 fully saturated rings. The van der Waals surface area contributed by atoms with Crippen LogP contribution in [0.4, 0.5) is 5.13 Å². The van der Waals surface area contributed by atoms with Crippen LogP contribution in [-0.2, 0) is 30.9 Å². The predicted octanol–water partition coefficient (Wildman–Crippen LogP) is 2.94. The van der Waals surface area contributed by atoms with E-state index in [0.29, 0.717) is 43.5 Å². The average molecular weight is 374 g/mol. The first kappa shape index (κ1) is 18.5. The third-order valence-electron chi connectivity index (χ3n) is 4.51. The lowest BCUT2D eigenvalue weighted by Crippen LogP contribution is -2.44. The van der Waals surface area contributed by atoms with Gasteiger partial charge in [0.1, 0.15) is 0 Å². The van der Waals surface area contributed by atoms with Gasteiger partial charge in [0, 0.05) is 18.6 Å². The van der Waals surface area contributed by atoms with Gasteiger partial charge in [0.05, 0.1) is 24.1 Å². The van der Waals surface area contributed by atoms with Gasteiger partial charge in [0.25, 0.3) is 0 Å². The van der Waals surface area contributed by atoms with Crippen molar-refractivity contribution in [3.8, 4) is 0 Å². The van der Waals surface area contributed by atoms with E-state index in [4.69, 9.17) is 9.47 Å². The van der Waals surface area contributed by atoms with Crippen molar-refractivity contribution in [1.82, 2.24) is 4.98 Å². The number of rotatable bonds is 6. The molecule has 1 aliphatic rings. The Bertz CT molecular complexity index is 754. The number of nitrogens with one attached hydrogen (secondary N) is 1. The maximum atomic E-state index is 13.1. The Labute approximate surface area is 156 Å². The molecule has 138 valence electrons. The predicted molar refractivity (Wildman–Crippen MR) is 99.3 cm³/mol. The summed E-state index contributed by atoms with van der Waals surface area (Å²) in [6.07, 6.45) is 1.37. The van der Waals surface area contributed by atoms with E-state index >= 15 is 0 Å². The van der Waals surface area contributed by atoms with Crippen molar-refractivity contribution < 1.29 is 19.1 Å². The first-order chi connectivity index (χ1) is 12.6. The summed E-state index contributed by atoms with van der Waals surface area (Å²) in [6.45, 7) is 3.21. The van der Waals surface area contributed by atoms with E-state index in [-0.39, 0.29) is 18.3 Å². The van der Waals surface area contributed by atoms with E-state index in [1.807, 2.05) is 30.3 Å². The summed E-state index contributed by atoms with van der Waals surface area (Å²) in [4.78, 5) is 29.0. The summed E-state index contributed by atoms with van der Waals surface area (Å²) in [6, 6.07) is 9.80. The van der Waals surface area contributed by atoms with Gasteiger partial charge >= 0.3 is 5.97 Å². The second-order valence-corrected chi connectivity index (χ2v) is 7.00. The molecule has 1 saturated heterocycles. The molecule has 2 heterocycles. The number of benzene rings is 1. The summed E-state index contributed by atoms with van der Waals surface area (Å²) >= 11 is 1.31. The van der Waals surface area contributed by atoms with Crippen molar-refractivity contribution in [2.24, 2.45) is 0 Å². The van der Waals surface area contributed by atoms with Crippen LogP contribution in [0.2, 0.25) is 0 Å². The van der Waals surface area contributed by atoms with Gasteiger partial charge in [-0.1, -0.05) is 30.3 Å². The van der Waals surface area contributed by atoms with Gasteiger partial charge in [-0.05, 0) is 25.3 Å². The Morgan fingerprint density at radius 3 is 2.69 bits per heavy atom. The minimum atomic E-state index is -0.619. The molecule has 1 N–H and O–H groups in total. The number of thiazole rings is 1. The van der Waals surface area contributed by atoms with Crippen LogP contribution < -0.4 is 5.32 Å². The van der Waals surface area contributed by atoms with Crippen LogP contribution in [0.25, 0.3) is 0 Å². The van der Waals surface area contributed by atoms with Crippen molar-refractivity contribution in [3.63, 3.8) is 0 Å². The van der Waals surface area contributed by atoms with E-state index in [1.54, 1.807) is 12.3 Å². The summed E-state index contributed by atoms with van der Waals surface area (Å²) in [7, 11) is 0. The Morgan fingerprint density at radius 2 is 2.00 bits per heavy atom. The highest BCUT2D eigenvalue weighted by Gasteiger charge is 2.41. The third-order valence-corrected chi connectivity index (χ3v) is 5.32. The lowest BCUT2D eigenvalue weighted by atomic mass is 9.73. The molecule has 6 nitrogen and oxygen atoms in total. The average Bonchev–Trinajstić information content (AvgIpc) is 3.10. The van der Waals surface area contributed by atoms with Gasteiger partial charge in [-0.25, -0.2) is 4.98 Å². The highest BCUT2D eigenvalue weighted by atomic mass is 32.1. The quantitative estimate of drug-likeness (QED) is 0.787. The summed E-state index contributed by atoms with van der Waals surface area (Å²) in [5, 5.41) is 5.20. The third kappa shape index (κ3) is 4.11. The Morgan fingerprint density at radius 1 is 1.27 bits per heavy atom. The fourth-order valence-corrected chi connectivity index (χ4v) is 3.85. The molecular formula is C19H22N2O4S. The van der Waals surface area contributed by atoms with Crippen LogP contribution in [0.5, 0.6) is 0 Å². The largest absolute Gasteiger partial charge is 0.466 e. The van der Waals surface area contributed by atoms with Crippen LogP contribution in [-0.4, -0.2) is 36.7 Å². The van der Waals surface area contributed by atoms with Gasteiger partial charge in [0.2, 0.25) is 5.91 Å². The number of ether oxygens (including phenoxy) is 2. The lowest BCUT2D eigenvalue weighted by molar-refractivity contribution is -0.142. The van der Waals surface area contributed by atoms with Crippen molar-refractivity contribution in [3.05, 3.63) is 47.0 Å². The summed E-state index contributed by atoms with van der Waals surface area (Å²) in [5.41, 5.74) is 0.973. The zero-order chi connectivity index (χ0) is 18.4. The molecule has 1 amide bonds. The minimum Gasteiger partial charge on any atom is -0.466 e. The van der Waals surface area contributed by atoms with Crippen molar-refractivity contribution in [2.75, 3.05) is 25.1 Å². The van der Waals surface area contributed by atoms with Crippen molar-refractivity contribution in [2.45, 2.75) is 31.6 Å². The molecule has 7 heteroatoms. The number of carbonyl (C=O) groups excluding carboxylic acids is 2. The fourth-order valence-electron chi connectivity index (χ4n) is 3.15. The molecule has 1 aromatic heterocycles. The zero-order valence-corrected chi connectivity index (χ0v) is 15.5. The van der Waals surface area contributed by atoms with E-state index in [9.17, 15) is 9.59 Å². The first-order valence-electron chi connectivity index (χ1n) is 8.69. The Balaban J connectivity index is 1.75. The fraction of sp³-hybridized carbons (Fsp3) is 0.421. The molecule has 0 aliphatic carbocycles. The molecule has 26 heavy (non-hydrogen) atoms. The molecule has 1 aliphatic heterocycles. The van der Waals surface area contributed by atoms with Gasteiger partial charge < -0.3 is 14.8 Å². The van der Waals surface area contributed by atoms with Crippen LogP contribution in [0, 0.1) is 0 Å². The molecule has 0 spiro atoms. The molecule has 0 radical (unpaired) electrons. The first-order valence-corrected chi connectivity index (χ1v) is 9.57. The molecule has 3 rings (SSSR count). The SMILES string of the molecule is CCOC(=O)Cc1csc(NC(=O)C2(c3ccccc3)CCOCC2)n1. The number of nitrogens with zero attached hydrogens (tertiary/aromatic N) is 1. The topological polar surface area (TPSA) is 77.5 Å². The van der Waals surface area contributed by atoms with E-state index < -0.39 is 5.41 Å². The molecule has 0 saturated carbocycles. The van der Waals surface area contributed by atoms with E-state index in [1.165, 1.54) is 11.3 Å². The standard InChI is InChI=1S/C19H22N2O4S/c1-2-25-16(22)12-15-13-26-18(20-15)21-17(23)19(8-10-24-11-9-19)14-6-4-3-5-7-14/h3-7,13H,2,8-12H2,1H3,(H,20,21,23). The van der Waals surface area contributed by atoms with Crippen LogP contribution in [0.3, 0.4) is 0 Å². The van der Waals surface area contributed by atoms with Crippen LogP contribution >= 0.6 is 11.3 Å². The van der Waals surface area contributed by atoms with E-state index in [2.05, 4.69) is 10.3 Å². The van der Waals surface area contributed by atoms with Crippen molar-refractivity contribution in [1.29, 1.82) is 0 Å². The molecule has 0 bridgehead atoms. The number of esters is 1. The Hall–Kier alpha value is -2.25. The van der Waals surface area contributed by atoms with Crippen LogP contribution in [0.1, 0.15) is 31.0 Å². The summed E-state index contributed by atoms with van der Waals surface area (Å²) < 4.78 is 10.4. The maximum absolute atomic E-state index is 13.1. The van der Waals surface area contributed by atoms with Gasteiger partial charge in [-0.15, -0.1) is 11.3 Å². The number of hydrogen-bond donors (Lipinski definition) is 1. The lowest BCUT2D eigenvalue weighted by Gasteiger charge is -2.35. The van der Waals surface area contributed by atoms with Gasteiger partial charge in [-0.3, -0.25) is 9.59 Å². The number of amides is 1. The monoisotopic (exact) mass is 374 g/mol. The molecule has 0 unspecified atom stereocenters. The normalized spacial score (nSPS) is 16.0.